The number of carbonyl (C=O) groups excluding carboxylic acids is 1. The van der Waals surface area contributed by atoms with E-state index in [2.05, 4.69) is 15.6 Å². The third-order valence-electron chi connectivity index (χ3n) is 3.51. The van der Waals surface area contributed by atoms with Crippen LogP contribution in [-0.2, 0) is 10.3 Å². The van der Waals surface area contributed by atoms with Crippen molar-refractivity contribution in [2.24, 2.45) is 0 Å². The molecule has 0 spiro atoms. The van der Waals surface area contributed by atoms with Gasteiger partial charge in [-0.2, -0.15) is 0 Å². The number of hydrogen-bond donors (Lipinski definition) is 2. The van der Waals surface area contributed by atoms with Gasteiger partial charge in [-0.15, -0.1) is 11.3 Å². The minimum atomic E-state index is -0.438. The number of thiazole rings is 1. The molecule has 1 aromatic rings. The Hall–Kier alpha value is -0.940. The molecule has 1 amide bonds. The maximum absolute atomic E-state index is 12.4. The van der Waals surface area contributed by atoms with E-state index in [-0.39, 0.29) is 5.91 Å². The number of carbonyl (C=O) groups is 1. The summed E-state index contributed by atoms with van der Waals surface area (Å²) >= 11 is 1.57. The molecular weight excluding hydrogens is 246 g/mol. The fourth-order valence-corrected chi connectivity index (χ4v) is 2.98. The van der Waals surface area contributed by atoms with E-state index >= 15 is 0 Å². The lowest BCUT2D eigenvalue weighted by Crippen LogP contribution is -2.59. The van der Waals surface area contributed by atoms with Crippen molar-refractivity contribution in [1.82, 2.24) is 15.6 Å². The lowest BCUT2D eigenvalue weighted by molar-refractivity contribution is -0.129. The summed E-state index contributed by atoms with van der Waals surface area (Å²) in [5.41, 5.74) is -0.847. The Kier molecular flexibility index (Phi) is 3.73. The van der Waals surface area contributed by atoms with Crippen LogP contribution in [0.15, 0.2) is 11.6 Å². The zero-order valence-electron chi connectivity index (χ0n) is 11.2. The molecule has 1 unspecified atom stereocenters. The van der Waals surface area contributed by atoms with Crippen molar-refractivity contribution in [3.05, 3.63) is 16.6 Å². The molecule has 2 heterocycles. The van der Waals surface area contributed by atoms with E-state index in [1.54, 1.807) is 17.5 Å². The van der Waals surface area contributed by atoms with Crippen LogP contribution in [0.25, 0.3) is 0 Å². The Balaban J connectivity index is 2.06. The molecule has 1 fully saturated rings. The monoisotopic (exact) mass is 267 g/mol. The third kappa shape index (κ3) is 2.72. The van der Waals surface area contributed by atoms with Crippen LogP contribution in [0.2, 0.25) is 0 Å². The Morgan fingerprint density at radius 2 is 2.33 bits per heavy atom. The van der Waals surface area contributed by atoms with E-state index in [0.717, 1.165) is 30.8 Å². The van der Waals surface area contributed by atoms with Crippen LogP contribution in [0.1, 0.15) is 45.0 Å². The minimum absolute atomic E-state index is 0.0717. The molecular formula is C13H21N3OS. The van der Waals surface area contributed by atoms with Gasteiger partial charge in [0, 0.05) is 11.6 Å². The molecule has 1 aliphatic rings. The summed E-state index contributed by atoms with van der Waals surface area (Å²) in [6.45, 7) is 6.90. The van der Waals surface area contributed by atoms with Gasteiger partial charge in [-0.25, -0.2) is 4.98 Å². The highest BCUT2D eigenvalue weighted by molar-refractivity contribution is 7.09. The number of aromatic nitrogens is 1. The number of hydrogen-bond acceptors (Lipinski definition) is 4. The predicted molar refractivity (Wildman–Crippen MR) is 73.5 cm³/mol. The number of nitrogens with one attached hydrogen (secondary N) is 2. The summed E-state index contributed by atoms with van der Waals surface area (Å²) in [5.74, 6) is 0.0717. The summed E-state index contributed by atoms with van der Waals surface area (Å²) < 4.78 is 0. The van der Waals surface area contributed by atoms with Gasteiger partial charge in [0.15, 0.2) is 0 Å². The fraction of sp³-hybridized carbons (Fsp3) is 0.692. The van der Waals surface area contributed by atoms with Crippen molar-refractivity contribution >= 4 is 17.2 Å². The highest BCUT2D eigenvalue weighted by Gasteiger charge is 2.37. The Morgan fingerprint density at radius 3 is 2.89 bits per heavy atom. The molecule has 0 aromatic carbocycles. The van der Waals surface area contributed by atoms with Crippen LogP contribution < -0.4 is 10.6 Å². The second kappa shape index (κ2) is 4.97. The maximum atomic E-state index is 12.4. The van der Waals surface area contributed by atoms with Gasteiger partial charge in [-0.3, -0.25) is 4.79 Å². The van der Waals surface area contributed by atoms with Crippen LogP contribution in [0.5, 0.6) is 0 Å². The number of amides is 1. The highest BCUT2D eigenvalue weighted by Crippen LogP contribution is 2.25. The Labute approximate surface area is 112 Å². The lowest BCUT2D eigenvalue weighted by atomic mass is 9.89. The number of rotatable bonds is 3. The second-order valence-electron chi connectivity index (χ2n) is 5.63. The first-order chi connectivity index (χ1) is 8.44. The molecule has 4 nitrogen and oxygen atoms in total. The zero-order valence-corrected chi connectivity index (χ0v) is 12.1. The largest absolute Gasteiger partial charge is 0.343 e. The first-order valence-corrected chi connectivity index (χ1v) is 7.30. The van der Waals surface area contributed by atoms with Crippen molar-refractivity contribution in [3.8, 4) is 0 Å². The summed E-state index contributed by atoms with van der Waals surface area (Å²) in [5, 5.41) is 9.32. The van der Waals surface area contributed by atoms with E-state index < -0.39 is 11.1 Å². The quantitative estimate of drug-likeness (QED) is 0.881. The molecule has 0 aliphatic carbocycles. The molecule has 2 N–H and O–H groups in total. The number of nitrogens with zero attached hydrogens (tertiary/aromatic N) is 1. The first-order valence-electron chi connectivity index (χ1n) is 6.42. The molecule has 5 heteroatoms. The molecule has 2 rings (SSSR count). The van der Waals surface area contributed by atoms with Crippen molar-refractivity contribution in [1.29, 1.82) is 0 Å². The Morgan fingerprint density at radius 1 is 1.56 bits per heavy atom. The summed E-state index contributed by atoms with van der Waals surface area (Å²) in [6.07, 6.45) is 4.93. The van der Waals surface area contributed by atoms with Gasteiger partial charge in [0.05, 0.1) is 11.1 Å². The molecule has 0 radical (unpaired) electrons. The van der Waals surface area contributed by atoms with Crippen molar-refractivity contribution in [2.75, 3.05) is 6.54 Å². The minimum Gasteiger partial charge on any atom is -0.343 e. The Bertz CT molecular complexity index is 408. The summed E-state index contributed by atoms with van der Waals surface area (Å²) in [6, 6.07) is 0. The SMILES string of the molecule is CC1(C(=O)NC(C)(C)c2nccs2)CCCCN1. The van der Waals surface area contributed by atoms with E-state index in [1.807, 2.05) is 26.2 Å². The first kappa shape index (κ1) is 13.5. The van der Waals surface area contributed by atoms with E-state index in [9.17, 15) is 4.79 Å². The lowest BCUT2D eigenvalue weighted by Gasteiger charge is -2.36. The fourth-order valence-electron chi connectivity index (χ4n) is 2.26. The topological polar surface area (TPSA) is 54.0 Å². The van der Waals surface area contributed by atoms with Crippen LogP contribution in [-0.4, -0.2) is 23.0 Å². The average Bonchev–Trinajstić information content (AvgIpc) is 2.83. The molecule has 18 heavy (non-hydrogen) atoms. The smallest absolute Gasteiger partial charge is 0.240 e. The van der Waals surface area contributed by atoms with Gasteiger partial charge in [0.2, 0.25) is 5.91 Å². The van der Waals surface area contributed by atoms with Gasteiger partial charge < -0.3 is 10.6 Å². The second-order valence-corrected chi connectivity index (χ2v) is 6.53. The van der Waals surface area contributed by atoms with Crippen molar-refractivity contribution < 1.29 is 4.79 Å². The van der Waals surface area contributed by atoms with Gasteiger partial charge in [-0.05, 0) is 46.6 Å². The standard InChI is InChI=1S/C13H21N3OS/c1-12(2,11-14-8-9-18-11)16-10(17)13(3)6-4-5-7-15-13/h8-9,15H,4-7H2,1-3H3,(H,16,17). The van der Waals surface area contributed by atoms with Gasteiger partial charge in [0.1, 0.15) is 5.01 Å². The van der Waals surface area contributed by atoms with Gasteiger partial charge in [-0.1, -0.05) is 0 Å². The van der Waals surface area contributed by atoms with E-state index in [4.69, 9.17) is 0 Å². The average molecular weight is 267 g/mol. The maximum Gasteiger partial charge on any atom is 0.240 e. The highest BCUT2D eigenvalue weighted by atomic mass is 32.1. The van der Waals surface area contributed by atoms with Gasteiger partial charge in [0.25, 0.3) is 0 Å². The van der Waals surface area contributed by atoms with E-state index in [0.29, 0.717) is 0 Å². The van der Waals surface area contributed by atoms with E-state index in [1.165, 1.54) is 0 Å². The van der Waals surface area contributed by atoms with Crippen molar-refractivity contribution in [3.63, 3.8) is 0 Å². The van der Waals surface area contributed by atoms with Crippen LogP contribution >= 0.6 is 11.3 Å². The zero-order chi connectivity index (χ0) is 13.2. The summed E-state index contributed by atoms with van der Waals surface area (Å²) in [4.78, 5) is 16.7. The summed E-state index contributed by atoms with van der Waals surface area (Å²) in [7, 11) is 0. The normalized spacial score (nSPS) is 24.8. The van der Waals surface area contributed by atoms with Gasteiger partial charge >= 0.3 is 0 Å². The van der Waals surface area contributed by atoms with Crippen molar-refractivity contribution in [2.45, 2.75) is 51.1 Å². The molecule has 1 atom stereocenters. The number of piperidine rings is 1. The molecule has 0 bridgehead atoms. The molecule has 1 saturated heterocycles. The molecule has 0 saturated carbocycles. The van der Waals surface area contributed by atoms with Crippen LogP contribution in [0.4, 0.5) is 0 Å². The molecule has 1 aromatic heterocycles. The van der Waals surface area contributed by atoms with Crippen LogP contribution in [0.3, 0.4) is 0 Å². The molecule has 100 valence electrons. The predicted octanol–water partition coefficient (Wildman–Crippen LogP) is 2.03. The third-order valence-corrected chi connectivity index (χ3v) is 4.61. The van der Waals surface area contributed by atoms with Crippen LogP contribution in [0, 0.1) is 0 Å². The molecule has 1 aliphatic heterocycles.